The number of nitriles is 1. The van der Waals surface area contributed by atoms with E-state index in [-0.39, 0.29) is 16.7 Å². The molecule has 2 aromatic rings. The first kappa shape index (κ1) is 20.8. The smallest absolute Gasteiger partial charge is 0.408 e. The van der Waals surface area contributed by atoms with Crippen molar-refractivity contribution in [3.05, 3.63) is 34.8 Å². The first-order chi connectivity index (χ1) is 13.5. The summed E-state index contributed by atoms with van der Waals surface area (Å²) >= 11 is 0. The van der Waals surface area contributed by atoms with E-state index >= 15 is 0 Å². The lowest BCUT2D eigenvalue weighted by Gasteiger charge is -2.41. The number of carbonyl (C=O) groups excluding carboxylic acids is 1. The van der Waals surface area contributed by atoms with Crippen LogP contribution in [-0.2, 0) is 4.79 Å². The molecule has 1 heterocycles. The Labute approximate surface area is 170 Å². The minimum absolute atomic E-state index is 0.0646. The number of hydrogen-bond acceptors (Lipinski definition) is 6. The Morgan fingerprint density at radius 3 is 2.52 bits per heavy atom. The van der Waals surface area contributed by atoms with E-state index in [9.17, 15) is 14.9 Å². The van der Waals surface area contributed by atoms with Crippen LogP contribution in [0.2, 0.25) is 0 Å². The highest BCUT2D eigenvalue weighted by atomic mass is 16.4. The zero-order valence-electron chi connectivity index (χ0n) is 17.6. The summed E-state index contributed by atoms with van der Waals surface area (Å²) in [6, 6.07) is 8.60. The molecule has 1 amide bonds. The van der Waals surface area contributed by atoms with E-state index in [1.54, 1.807) is 18.2 Å². The van der Waals surface area contributed by atoms with Crippen LogP contribution in [0.3, 0.4) is 0 Å². The van der Waals surface area contributed by atoms with Gasteiger partial charge in [-0.2, -0.15) is 10.2 Å². The second kappa shape index (κ2) is 7.18. The summed E-state index contributed by atoms with van der Waals surface area (Å²) in [6.07, 6.45) is 1.81. The molecular weight excluding hydrogens is 368 g/mol. The van der Waals surface area contributed by atoms with Crippen molar-refractivity contribution in [2.45, 2.75) is 65.5 Å². The van der Waals surface area contributed by atoms with E-state index < -0.39 is 17.3 Å². The molecule has 2 N–H and O–H groups in total. The van der Waals surface area contributed by atoms with Crippen molar-refractivity contribution in [1.29, 1.82) is 5.26 Å². The molecule has 7 heteroatoms. The van der Waals surface area contributed by atoms with Crippen LogP contribution in [0, 0.1) is 22.2 Å². The van der Waals surface area contributed by atoms with Gasteiger partial charge in [-0.05, 0) is 42.2 Å². The van der Waals surface area contributed by atoms with Crippen LogP contribution in [0.1, 0.15) is 53.9 Å². The first-order valence-corrected chi connectivity index (χ1v) is 9.86. The summed E-state index contributed by atoms with van der Waals surface area (Å²) in [5.74, 6) is -0.680. The van der Waals surface area contributed by atoms with Gasteiger partial charge >= 0.3 is 5.76 Å². The van der Waals surface area contributed by atoms with Gasteiger partial charge in [-0.25, -0.2) is 4.79 Å². The molecule has 1 fully saturated rings. The molecule has 0 saturated heterocycles. The number of nitrogens with one attached hydrogen (secondary N) is 2. The molecule has 1 aliphatic carbocycles. The van der Waals surface area contributed by atoms with Gasteiger partial charge in [-0.15, -0.1) is 0 Å². The summed E-state index contributed by atoms with van der Waals surface area (Å²) in [6.45, 7) is 10.6. The number of nitrogens with zero attached hydrogens (tertiary/aromatic N) is 2. The normalized spacial score (nSPS) is 16.7. The molecule has 3 rings (SSSR count). The van der Waals surface area contributed by atoms with E-state index in [1.807, 2.05) is 6.07 Å². The van der Waals surface area contributed by atoms with E-state index in [0.717, 1.165) is 0 Å². The Kier molecular flexibility index (Phi) is 5.16. The second-order valence-electron chi connectivity index (χ2n) is 9.54. The van der Waals surface area contributed by atoms with Crippen LogP contribution in [0.25, 0.3) is 11.0 Å². The van der Waals surface area contributed by atoms with Gasteiger partial charge in [0.1, 0.15) is 23.0 Å². The number of aromatic nitrogens is 1. The lowest BCUT2D eigenvalue weighted by molar-refractivity contribution is -0.123. The maximum absolute atomic E-state index is 13.1. The van der Waals surface area contributed by atoms with Crippen LogP contribution in [0.4, 0.5) is 5.82 Å². The summed E-state index contributed by atoms with van der Waals surface area (Å²) in [5, 5.41) is 16.0. The molecule has 0 aliphatic heterocycles. The van der Waals surface area contributed by atoms with Crippen molar-refractivity contribution >= 4 is 22.7 Å². The molecule has 0 radical (unpaired) electrons. The Morgan fingerprint density at radius 2 is 1.93 bits per heavy atom. The fraction of sp³-hybridized carbons (Fsp3) is 0.545. The number of rotatable bonds is 6. The van der Waals surface area contributed by atoms with Crippen LogP contribution < -0.4 is 16.4 Å². The van der Waals surface area contributed by atoms with Gasteiger partial charge in [0.25, 0.3) is 0 Å². The van der Waals surface area contributed by atoms with Gasteiger partial charge in [0.15, 0.2) is 0 Å². The fourth-order valence-electron chi connectivity index (χ4n) is 3.03. The predicted octanol–water partition coefficient (Wildman–Crippen LogP) is 3.60. The number of benzene rings is 1. The number of carbonyl (C=O) groups is 1. The van der Waals surface area contributed by atoms with Crippen molar-refractivity contribution in [2.75, 3.05) is 5.32 Å². The van der Waals surface area contributed by atoms with Crippen molar-refractivity contribution < 1.29 is 9.21 Å². The Morgan fingerprint density at radius 1 is 1.28 bits per heavy atom. The standard InChI is InChI=1S/C22H28N4O3/c1-20(2,3)21(4,5)12-15(18(27)26-22(13-23)10-11-22)24-17-14-8-6-7-9-16(14)29-19(28)25-17/h6-9,15H,10-12H2,1-5H3,(H,26,27)(H,24,25,28)/t15-/m0/s1. The Balaban J connectivity index is 1.96. The summed E-state index contributed by atoms with van der Waals surface area (Å²) in [5.41, 5.74) is -0.639. The van der Waals surface area contributed by atoms with E-state index in [4.69, 9.17) is 4.42 Å². The molecule has 29 heavy (non-hydrogen) atoms. The molecule has 154 valence electrons. The Bertz CT molecular complexity index is 1020. The van der Waals surface area contributed by atoms with Gasteiger partial charge in [0.05, 0.1) is 11.5 Å². The third kappa shape index (κ3) is 4.42. The minimum Gasteiger partial charge on any atom is -0.408 e. The highest BCUT2D eigenvalue weighted by Crippen LogP contribution is 2.42. The molecule has 1 aliphatic rings. The third-order valence-corrected chi connectivity index (χ3v) is 6.24. The van der Waals surface area contributed by atoms with Crippen molar-refractivity contribution in [3.8, 4) is 6.07 Å². The monoisotopic (exact) mass is 396 g/mol. The molecule has 1 aromatic carbocycles. The van der Waals surface area contributed by atoms with Gasteiger partial charge in [-0.3, -0.25) is 4.79 Å². The topological polar surface area (TPSA) is 108 Å². The zero-order valence-corrected chi connectivity index (χ0v) is 17.6. The molecule has 1 saturated carbocycles. The maximum Gasteiger partial charge on any atom is 0.441 e. The number of fused-ring (bicyclic) bond motifs is 1. The third-order valence-electron chi connectivity index (χ3n) is 6.24. The Hall–Kier alpha value is -2.88. The average Bonchev–Trinajstić information content (AvgIpc) is 3.39. The number of anilines is 1. The quantitative estimate of drug-likeness (QED) is 0.772. The number of para-hydroxylation sites is 1. The molecule has 7 nitrogen and oxygen atoms in total. The highest BCUT2D eigenvalue weighted by Gasteiger charge is 2.46. The average molecular weight is 396 g/mol. The zero-order chi connectivity index (χ0) is 21.4. The number of amides is 1. The molecular formula is C22H28N4O3. The van der Waals surface area contributed by atoms with E-state index in [2.05, 4.69) is 56.3 Å². The van der Waals surface area contributed by atoms with Gasteiger partial charge in [-0.1, -0.05) is 46.8 Å². The SMILES string of the molecule is CC(C)(C)C(C)(C)C[C@H](Nc1nc(=O)oc2ccccc12)C(=O)NC1(C#N)CC1. The van der Waals surface area contributed by atoms with Gasteiger partial charge in [0.2, 0.25) is 5.91 Å². The van der Waals surface area contributed by atoms with Crippen LogP contribution >= 0.6 is 0 Å². The number of hydrogen-bond donors (Lipinski definition) is 2. The molecule has 1 atom stereocenters. The summed E-state index contributed by atoms with van der Waals surface area (Å²) in [7, 11) is 0. The van der Waals surface area contributed by atoms with Gasteiger partial charge in [0, 0.05) is 0 Å². The maximum atomic E-state index is 13.1. The lowest BCUT2D eigenvalue weighted by Crippen LogP contribution is -2.48. The molecule has 1 aromatic heterocycles. The first-order valence-electron chi connectivity index (χ1n) is 9.86. The van der Waals surface area contributed by atoms with E-state index in [1.165, 1.54) is 0 Å². The molecule has 0 spiro atoms. The van der Waals surface area contributed by atoms with E-state index in [0.29, 0.717) is 36.0 Å². The molecule has 0 unspecified atom stereocenters. The van der Waals surface area contributed by atoms with Crippen LogP contribution in [0.5, 0.6) is 0 Å². The van der Waals surface area contributed by atoms with Crippen LogP contribution in [0.15, 0.2) is 33.5 Å². The fourth-order valence-corrected chi connectivity index (χ4v) is 3.03. The van der Waals surface area contributed by atoms with Crippen molar-refractivity contribution in [2.24, 2.45) is 10.8 Å². The van der Waals surface area contributed by atoms with Crippen molar-refractivity contribution in [1.82, 2.24) is 10.3 Å². The second-order valence-corrected chi connectivity index (χ2v) is 9.54. The summed E-state index contributed by atoms with van der Waals surface area (Å²) < 4.78 is 5.16. The lowest BCUT2D eigenvalue weighted by atomic mass is 9.66. The van der Waals surface area contributed by atoms with Crippen LogP contribution in [-0.4, -0.2) is 22.5 Å². The summed E-state index contributed by atoms with van der Waals surface area (Å²) in [4.78, 5) is 29.0. The van der Waals surface area contributed by atoms with Crippen molar-refractivity contribution in [3.63, 3.8) is 0 Å². The highest BCUT2D eigenvalue weighted by molar-refractivity contribution is 5.91. The largest absolute Gasteiger partial charge is 0.441 e. The predicted molar refractivity (Wildman–Crippen MR) is 111 cm³/mol. The van der Waals surface area contributed by atoms with Gasteiger partial charge < -0.3 is 15.1 Å². The molecule has 0 bridgehead atoms. The minimum atomic E-state index is -0.770.